The van der Waals surface area contributed by atoms with Crippen LogP contribution in [-0.2, 0) is 39.7 Å². The van der Waals surface area contributed by atoms with Crippen LogP contribution in [0.1, 0.15) is 43.9 Å². The Balaban J connectivity index is 1.50. The van der Waals surface area contributed by atoms with E-state index in [1.165, 1.54) is 12.4 Å². The van der Waals surface area contributed by atoms with Crippen LogP contribution < -0.4 is 18.9 Å². The van der Waals surface area contributed by atoms with E-state index < -0.39 is 25.3 Å². The molecule has 0 radical (unpaired) electrons. The van der Waals surface area contributed by atoms with Gasteiger partial charge in [-0.15, -0.1) is 0 Å². The summed E-state index contributed by atoms with van der Waals surface area (Å²) in [5, 5.41) is -0.641. The lowest BCUT2D eigenvalue weighted by Crippen LogP contribution is -2.26. The Hall–Kier alpha value is -4.16. The fraction of sp³-hybridized carbons (Fsp3) is 0.312. The number of rotatable bonds is 16. The molecule has 44 heavy (non-hydrogen) atoms. The zero-order chi connectivity index (χ0) is 31.6. The third kappa shape index (κ3) is 9.42. The second kappa shape index (κ2) is 15.0. The standard InChI is InChI=1S/C32H38N4O6S2/c1-4-25(3)44(39,40)36-32-30(42-22-27-14-9-6-10-15-27)28(17-19-34-32)20-24(2)23-43(37,38)35-31-29(16-11-18-33-31)41-21-26-12-7-5-8-13-26/h5-19,24-25H,4,20-23H2,1-3H3,(H,33,35)(H,34,36). The molecule has 0 aliphatic rings. The van der Waals surface area contributed by atoms with Gasteiger partial charge >= 0.3 is 0 Å². The highest BCUT2D eigenvalue weighted by molar-refractivity contribution is 7.93. The van der Waals surface area contributed by atoms with Crippen molar-refractivity contribution in [2.24, 2.45) is 5.92 Å². The summed E-state index contributed by atoms with van der Waals surface area (Å²) in [7, 11) is -7.56. The van der Waals surface area contributed by atoms with Crippen molar-refractivity contribution in [2.75, 3.05) is 15.2 Å². The van der Waals surface area contributed by atoms with E-state index in [9.17, 15) is 16.8 Å². The lowest BCUT2D eigenvalue weighted by Gasteiger charge is -2.20. The number of ether oxygens (including phenoxy) is 2. The van der Waals surface area contributed by atoms with Gasteiger partial charge in [-0.25, -0.2) is 26.8 Å². The minimum absolute atomic E-state index is 0.0700. The molecule has 0 amide bonds. The maximum atomic E-state index is 13.2. The van der Waals surface area contributed by atoms with Gasteiger partial charge in [0.15, 0.2) is 23.1 Å². The van der Waals surface area contributed by atoms with Crippen LogP contribution in [0.3, 0.4) is 0 Å². The molecule has 10 nitrogen and oxygen atoms in total. The number of hydrogen-bond acceptors (Lipinski definition) is 8. The highest BCUT2D eigenvalue weighted by atomic mass is 32.2. The number of sulfonamides is 2. The zero-order valence-corrected chi connectivity index (χ0v) is 26.6. The Labute approximate surface area is 260 Å². The van der Waals surface area contributed by atoms with Gasteiger partial charge in [-0.3, -0.25) is 9.44 Å². The van der Waals surface area contributed by atoms with Crippen LogP contribution >= 0.6 is 0 Å². The first-order valence-electron chi connectivity index (χ1n) is 14.3. The molecule has 2 heterocycles. The number of hydrogen-bond donors (Lipinski definition) is 2. The van der Waals surface area contributed by atoms with E-state index in [4.69, 9.17) is 9.47 Å². The number of nitrogens with one attached hydrogen (secondary N) is 2. The minimum Gasteiger partial charge on any atom is -0.485 e. The van der Waals surface area contributed by atoms with Crippen molar-refractivity contribution in [2.45, 2.75) is 52.1 Å². The number of pyridine rings is 2. The highest BCUT2D eigenvalue weighted by Gasteiger charge is 2.25. The molecule has 0 spiro atoms. The van der Waals surface area contributed by atoms with Crippen LogP contribution in [0, 0.1) is 5.92 Å². The second-order valence-corrected chi connectivity index (χ2v) is 14.5. The van der Waals surface area contributed by atoms with E-state index >= 15 is 0 Å². The smallest absolute Gasteiger partial charge is 0.236 e. The first kappa shape index (κ1) is 32.7. The van der Waals surface area contributed by atoms with Crippen LogP contribution in [0.4, 0.5) is 11.6 Å². The predicted molar refractivity (Wildman–Crippen MR) is 173 cm³/mol. The molecule has 0 aliphatic carbocycles. The predicted octanol–water partition coefficient (Wildman–Crippen LogP) is 5.80. The van der Waals surface area contributed by atoms with Crippen molar-refractivity contribution in [1.29, 1.82) is 0 Å². The molecule has 4 aromatic rings. The van der Waals surface area contributed by atoms with Crippen molar-refractivity contribution >= 4 is 31.7 Å². The summed E-state index contributed by atoms with van der Waals surface area (Å²) in [6, 6.07) is 24.0. The highest BCUT2D eigenvalue weighted by Crippen LogP contribution is 2.32. The van der Waals surface area contributed by atoms with Crippen LogP contribution in [0.25, 0.3) is 0 Å². The van der Waals surface area contributed by atoms with E-state index in [-0.39, 0.29) is 48.7 Å². The molecule has 0 aliphatic heterocycles. The molecular weight excluding hydrogens is 601 g/mol. The van der Waals surface area contributed by atoms with Gasteiger partial charge in [-0.1, -0.05) is 74.5 Å². The van der Waals surface area contributed by atoms with E-state index in [1.807, 2.05) is 60.7 Å². The Bertz CT molecular complexity index is 1720. The summed E-state index contributed by atoms with van der Waals surface area (Å²) in [5.41, 5.74) is 2.45. The Kier molecular flexibility index (Phi) is 11.2. The Morgan fingerprint density at radius 1 is 0.727 bits per heavy atom. The van der Waals surface area contributed by atoms with Gasteiger partial charge in [0, 0.05) is 12.4 Å². The molecule has 0 saturated carbocycles. The summed E-state index contributed by atoms with van der Waals surface area (Å²) in [5.74, 6) is 0.147. The number of nitrogens with zero attached hydrogens (tertiary/aromatic N) is 2. The second-order valence-electron chi connectivity index (χ2n) is 10.6. The number of aromatic nitrogens is 2. The molecule has 2 aromatic heterocycles. The van der Waals surface area contributed by atoms with Gasteiger partial charge in [0.2, 0.25) is 20.0 Å². The fourth-order valence-electron chi connectivity index (χ4n) is 4.38. The normalized spacial score (nSPS) is 13.1. The molecule has 2 unspecified atom stereocenters. The van der Waals surface area contributed by atoms with E-state index in [0.717, 1.165) is 11.1 Å². The van der Waals surface area contributed by atoms with E-state index in [0.29, 0.717) is 17.7 Å². The third-order valence-electron chi connectivity index (χ3n) is 6.89. The maximum Gasteiger partial charge on any atom is 0.236 e. The summed E-state index contributed by atoms with van der Waals surface area (Å²) in [6.07, 6.45) is 3.69. The maximum absolute atomic E-state index is 13.2. The van der Waals surface area contributed by atoms with E-state index in [2.05, 4.69) is 19.4 Å². The summed E-state index contributed by atoms with van der Waals surface area (Å²) in [6.45, 7) is 5.65. The van der Waals surface area contributed by atoms with Crippen LogP contribution in [-0.4, -0.2) is 37.8 Å². The Morgan fingerprint density at radius 3 is 1.98 bits per heavy atom. The SMILES string of the molecule is CCC(C)S(=O)(=O)Nc1nccc(CC(C)CS(=O)(=O)Nc2ncccc2OCc2ccccc2)c1OCc1ccccc1. The fourth-order valence-corrected chi connectivity index (χ4v) is 6.84. The molecule has 2 atom stereocenters. The van der Waals surface area contributed by atoms with Gasteiger partial charge in [0.25, 0.3) is 0 Å². The van der Waals surface area contributed by atoms with Crippen molar-refractivity contribution in [3.8, 4) is 11.5 Å². The molecular formula is C32H38N4O6S2. The topological polar surface area (TPSA) is 137 Å². The lowest BCUT2D eigenvalue weighted by atomic mass is 10.0. The van der Waals surface area contributed by atoms with Gasteiger partial charge in [-0.2, -0.15) is 0 Å². The molecule has 2 N–H and O–H groups in total. The first-order chi connectivity index (χ1) is 21.1. The molecule has 2 aromatic carbocycles. The van der Waals surface area contributed by atoms with Gasteiger partial charge in [-0.05, 0) is 60.6 Å². The van der Waals surface area contributed by atoms with Crippen LogP contribution in [0.15, 0.2) is 91.3 Å². The average Bonchev–Trinajstić information content (AvgIpc) is 3.00. The van der Waals surface area contributed by atoms with E-state index in [1.54, 1.807) is 39.0 Å². The average molecular weight is 639 g/mol. The van der Waals surface area contributed by atoms with Gasteiger partial charge < -0.3 is 9.47 Å². The van der Waals surface area contributed by atoms with Crippen LogP contribution in [0.5, 0.6) is 11.5 Å². The first-order valence-corrected chi connectivity index (χ1v) is 17.5. The zero-order valence-electron chi connectivity index (χ0n) is 25.0. The van der Waals surface area contributed by atoms with Crippen molar-refractivity contribution in [1.82, 2.24) is 9.97 Å². The quantitative estimate of drug-likeness (QED) is 0.157. The van der Waals surface area contributed by atoms with Gasteiger partial charge in [0.05, 0.1) is 11.0 Å². The van der Waals surface area contributed by atoms with Gasteiger partial charge in [0.1, 0.15) is 13.2 Å². The summed E-state index contributed by atoms with van der Waals surface area (Å²) in [4.78, 5) is 8.47. The minimum atomic E-state index is -3.84. The molecule has 0 bridgehead atoms. The van der Waals surface area contributed by atoms with Crippen molar-refractivity contribution in [3.05, 3.63) is 108 Å². The Morgan fingerprint density at radius 2 is 1.34 bits per heavy atom. The monoisotopic (exact) mass is 638 g/mol. The number of benzene rings is 2. The summed E-state index contributed by atoms with van der Waals surface area (Å²) < 4.78 is 69.4. The lowest BCUT2D eigenvalue weighted by molar-refractivity contribution is 0.302. The molecule has 12 heteroatoms. The third-order valence-corrected chi connectivity index (χ3v) is 10.3. The van der Waals surface area contributed by atoms with Crippen molar-refractivity contribution < 1.29 is 26.3 Å². The largest absolute Gasteiger partial charge is 0.485 e. The molecule has 234 valence electrons. The number of anilines is 2. The van der Waals surface area contributed by atoms with Crippen LogP contribution in [0.2, 0.25) is 0 Å². The molecule has 0 saturated heterocycles. The molecule has 0 fully saturated rings. The summed E-state index contributed by atoms with van der Waals surface area (Å²) >= 11 is 0. The molecule has 4 rings (SSSR count). The van der Waals surface area contributed by atoms with Crippen molar-refractivity contribution in [3.63, 3.8) is 0 Å².